The van der Waals surface area contributed by atoms with Gasteiger partial charge in [-0.25, -0.2) is 9.59 Å². The number of hydrogen-bond donors (Lipinski definition) is 0. The number of rotatable bonds is 4. The highest BCUT2D eigenvalue weighted by Crippen LogP contribution is 2.30. The maximum absolute atomic E-state index is 11.5. The number of fused-ring (bicyclic) bond motifs is 1. The van der Waals surface area contributed by atoms with Crippen LogP contribution >= 0.6 is 11.8 Å². The summed E-state index contributed by atoms with van der Waals surface area (Å²) in [4.78, 5) is 23.6. The Morgan fingerprint density at radius 1 is 1.42 bits per heavy atom. The fraction of sp³-hybridized carbons (Fsp3) is 0.286. The Morgan fingerprint density at radius 2 is 2.21 bits per heavy atom. The van der Waals surface area contributed by atoms with Crippen LogP contribution < -0.4 is 0 Å². The number of ether oxygens (including phenoxy) is 2. The second-order valence-electron chi connectivity index (χ2n) is 4.05. The van der Waals surface area contributed by atoms with Gasteiger partial charge in [0.15, 0.2) is 6.61 Å². The van der Waals surface area contributed by atoms with E-state index in [1.54, 1.807) is 11.8 Å². The Hall–Kier alpha value is -1.75. The maximum atomic E-state index is 11.5. The van der Waals surface area contributed by atoms with Crippen LogP contribution in [0.4, 0.5) is 0 Å². The van der Waals surface area contributed by atoms with Crippen LogP contribution in [0.15, 0.2) is 41.8 Å². The molecule has 0 aromatic heterocycles. The third-order valence-corrected chi connectivity index (χ3v) is 3.89. The standard InChI is InChI=1S/C14H14O4S/c1-2-13(15)17-8-14(16)18-11-7-10-5-3-4-6-12(10)19-9-11/h2-6,11H,1,7-9H2. The molecule has 0 fully saturated rings. The number of carbonyl (C=O) groups is 2. The maximum Gasteiger partial charge on any atom is 0.344 e. The summed E-state index contributed by atoms with van der Waals surface area (Å²) in [5, 5.41) is 0. The summed E-state index contributed by atoms with van der Waals surface area (Å²) < 4.78 is 9.90. The Morgan fingerprint density at radius 3 is 3.00 bits per heavy atom. The van der Waals surface area contributed by atoms with Crippen LogP contribution in [0.25, 0.3) is 0 Å². The molecule has 1 heterocycles. The number of benzene rings is 1. The lowest BCUT2D eigenvalue weighted by Gasteiger charge is -2.23. The Balaban J connectivity index is 1.83. The molecule has 0 radical (unpaired) electrons. The summed E-state index contributed by atoms with van der Waals surface area (Å²) in [6.45, 7) is 2.88. The molecule has 0 aliphatic carbocycles. The highest BCUT2D eigenvalue weighted by molar-refractivity contribution is 7.99. The average molecular weight is 278 g/mol. The topological polar surface area (TPSA) is 52.6 Å². The van der Waals surface area contributed by atoms with Crippen molar-refractivity contribution in [3.63, 3.8) is 0 Å². The molecule has 0 saturated heterocycles. The van der Waals surface area contributed by atoms with E-state index in [2.05, 4.69) is 17.4 Å². The lowest BCUT2D eigenvalue weighted by molar-refractivity contribution is -0.159. The second-order valence-corrected chi connectivity index (χ2v) is 5.11. The van der Waals surface area contributed by atoms with Gasteiger partial charge in [0.1, 0.15) is 6.10 Å². The number of thioether (sulfide) groups is 1. The van der Waals surface area contributed by atoms with Crippen molar-refractivity contribution in [1.82, 2.24) is 0 Å². The predicted molar refractivity (Wildman–Crippen MR) is 71.9 cm³/mol. The van der Waals surface area contributed by atoms with E-state index in [0.717, 1.165) is 11.8 Å². The summed E-state index contributed by atoms with van der Waals surface area (Å²) >= 11 is 1.67. The van der Waals surface area contributed by atoms with E-state index in [-0.39, 0.29) is 12.7 Å². The van der Waals surface area contributed by atoms with Crippen molar-refractivity contribution in [2.24, 2.45) is 0 Å². The third kappa shape index (κ3) is 3.86. The first-order valence-corrected chi connectivity index (χ1v) is 6.87. The molecule has 0 spiro atoms. The smallest absolute Gasteiger partial charge is 0.344 e. The van der Waals surface area contributed by atoms with Crippen LogP contribution in [0.1, 0.15) is 5.56 Å². The van der Waals surface area contributed by atoms with E-state index >= 15 is 0 Å². The largest absolute Gasteiger partial charge is 0.459 e. The second kappa shape index (κ2) is 6.43. The van der Waals surface area contributed by atoms with E-state index in [9.17, 15) is 9.59 Å². The van der Waals surface area contributed by atoms with Crippen molar-refractivity contribution in [2.75, 3.05) is 12.4 Å². The molecule has 1 aliphatic rings. The number of carbonyl (C=O) groups excluding carboxylic acids is 2. The first kappa shape index (κ1) is 13.7. The normalized spacial score (nSPS) is 17.2. The molecule has 0 N–H and O–H groups in total. The Bertz CT molecular complexity index is 498. The van der Waals surface area contributed by atoms with E-state index in [1.807, 2.05) is 18.2 Å². The monoisotopic (exact) mass is 278 g/mol. The van der Waals surface area contributed by atoms with Gasteiger partial charge in [-0.1, -0.05) is 24.8 Å². The lowest BCUT2D eigenvalue weighted by Crippen LogP contribution is -2.28. The molecule has 1 atom stereocenters. The fourth-order valence-electron chi connectivity index (χ4n) is 1.78. The van der Waals surface area contributed by atoms with Gasteiger partial charge in [0.2, 0.25) is 0 Å². The van der Waals surface area contributed by atoms with Gasteiger partial charge in [0.25, 0.3) is 0 Å². The zero-order valence-corrected chi connectivity index (χ0v) is 11.2. The van der Waals surface area contributed by atoms with Gasteiger partial charge < -0.3 is 9.47 Å². The molecule has 0 amide bonds. The molecular formula is C14H14O4S. The average Bonchev–Trinajstić information content (AvgIpc) is 2.44. The van der Waals surface area contributed by atoms with Crippen LogP contribution in [0.3, 0.4) is 0 Å². The van der Waals surface area contributed by atoms with E-state index in [4.69, 9.17) is 4.74 Å². The minimum Gasteiger partial charge on any atom is -0.459 e. The zero-order valence-electron chi connectivity index (χ0n) is 10.3. The minimum atomic E-state index is -0.625. The SMILES string of the molecule is C=CC(=O)OCC(=O)OC1CSc2ccccc2C1. The van der Waals surface area contributed by atoms with Crippen molar-refractivity contribution in [1.29, 1.82) is 0 Å². The summed E-state index contributed by atoms with van der Waals surface area (Å²) in [7, 11) is 0. The first-order chi connectivity index (χ1) is 9.19. The highest BCUT2D eigenvalue weighted by atomic mass is 32.2. The quantitative estimate of drug-likeness (QED) is 0.622. The molecule has 100 valence electrons. The highest BCUT2D eigenvalue weighted by Gasteiger charge is 2.22. The first-order valence-electron chi connectivity index (χ1n) is 5.88. The molecule has 5 heteroatoms. The molecule has 2 rings (SSSR count). The van der Waals surface area contributed by atoms with Crippen LogP contribution in [-0.2, 0) is 25.5 Å². The van der Waals surface area contributed by atoms with Gasteiger partial charge in [0.05, 0.1) is 0 Å². The van der Waals surface area contributed by atoms with Gasteiger partial charge in [0, 0.05) is 23.1 Å². The molecule has 0 bridgehead atoms. The lowest BCUT2D eigenvalue weighted by atomic mass is 10.1. The Labute approximate surface area is 115 Å². The van der Waals surface area contributed by atoms with E-state index in [1.165, 1.54) is 10.5 Å². The fourth-order valence-corrected chi connectivity index (χ4v) is 2.85. The van der Waals surface area contributed by atoms with Crippen LogP contribution in [-0.4, -0.2) is 30.4 Å². The van der Waals surface area contributed by atoms with Crippen LogP contribution in [0, 0.1) is 0 Å². The van der Waals surface area contributed by atoms with Crippen molar-refractivity contribution in [3.05, 3.63) is 42.5 Å². The van der Waals surface area contributed by atoms with Crippen LogP contribution in [0.5, 0.6) is 0 Å². The summed E-state index contributed by atoms with van der Waals surface area (Å²) in [5.41, 5.74) is 1.18. The zero-order chi connectivity index (χ0) is 13.7. The predicted octanol–water partition coefficient (Wildman–Crippen LogP) is 1.98. The van der Waals surface area contributed by atoms with E-state index < -0.39 is 11.9 Å². The molecule has 19 heavy (non-hydrogen) atoms. The molecular weight excluding hydrogens is 264 g/mol. The Kier molecular flexibility index (Phi) is 4.63. The van der Waals surface area contributed by atoms with Gasteiger partial charge in [-0.15, -0.1) is 11.8 Å². The molecule has 1 unspecified atom stereocenters. The molecule has 4 nitrogen and oxygen atoms in total. The van der Waals surface area contributed by atoms with Crippen molar-refractivity contribution in [3.8, 4) is 0 Å². The third-order valence-electron chi connectivity index (χ3n) is 2.64. The summed E-state index contributed by atoms with van der Waals surface area (Å²) in [6.07, 6.45) is 1.54. The van der Waals surface area contributed by atoms with Crippen molar-refractivity contribution >= 4 is 23.7 Å². The molecule has 1 aromatic carbocycles. The number of esters is 2. The van der Waals surface area contributed by atoms with Crippen molar-refractivity contribution < 1.29 is 19.1 Å². The molecule has 1 aromatic rings. The summed E-state index contributed by atoms with van der Waals surface area (Å²) in [6, 6.07) is 8.05. The number of hydrogen-bond acceptors (Lipinski definition) is 5. The molecule has 0 saturated carbocycles. The summed E-state index contributed by atoms with van der Waals surface area (Å²) in [5.74, 6) is -0.432. The molecule has 1 aliphatic heterocycles. The van der Waals surface area contributed by atoms with E-state index in [0.29, 0.717) is 6.42 Å². The van der Waals surface area contributed by atoms with Gasteiger partial charge in [-0.3, -0.25) is 0 Å². The van der Waals surface area contributed by atoms with Gasteiger partial charge in [-0.05, 0) is 11.6 Å². The minimum absolute atomic E-state index is 0.171. The van der Waals surface area contributed by atoms with Crippen molar-refractivity contribution in [2.45, 2.75) is 17.4 Å². The van der Waals surface area contributed by atoms with Gasteiger partial charge in [-0.2, -0.15) is 0 Å². The van der Waals surface area contributed by atoms with Crippen LogP contribution in [0.2, 0.25) is 0 Å². The van der Waals surface area contributed by atoms with Gasteiger partial charge >= 0.3 is 11.9 Å².